The molecule has 1 aromatic carbocycles. The first-order valence-electron chi connectivity index (χ1n) is 7.38. The van der Waals surface area contributed by atoms with Gasteiger partial charge in [0, 0.05) is 6.42 Å². The van der Waals surface area contributed by atoms with Gasteiger partial charge in [0.25, 0.3) is 5.91 Å². The second kappa shape index (κ2) is 5.64. The number of nitrogens with one attached hydrogen (secondary N) is 2. The van der Waals surface area contributed by atoms with Gasteiger partial charge < -0.3 is 10.4 Å². The van der Waals surface area contributed by atoms with Crippen molar-refractivity contribution in [1.82, 2.24) is 15.5 Å². The molecule has 0 saturated heterocycles. The van der Waals surface area contributed by atoms with Crippen LogP contribution in [0.4, 0.5) is 0 Å². The third kappa shape index (κ3) is 2.56. The Balaban J connectivity index is 1.55. The van der Waals surface area contributed by atoms with E-state index in [2.05, 4.69) is 15.5 Å². The average molecular weight is 325 g/mol. The van der Waals surface area contributed by atoms with Crippen molar-refractivity contribution >= 4 is 17.2 Å². The third-order valence-corrected chi connectivity index (χ3v) is 4.99. The Bertz CT molecular complexity index is 841. The molecule has 0 bridgehead atoms. The van der Waals surface area contributed by atoms with E-state index in [4.69, 9.17) is 0 Å². The van der Waals surface area contributed by atoms with E-state index in [1.54, 1.807) is 17.4 Å². The number of hydrogen-bond donors (Lipinski definition) is 3. The summed E-state index contributed by atoms with van der Waals surface area (Å²) in [6, 6.07) is 13.0. The normalized spacial score (nSPS) is 19.5. The molecule has 0 radical (unpaired) electrons. The molecule has 3 N–H and O–H groups in total. The summed E-state index contributed by atoms with van der Waals surface area (Å²) in [6.45, 7) is 0. The lowest BCUT2D eigenvalue weighted by molar-refractivity contribution is 0.0853. The quantitative estimate of drug-likeness (QED) is 0.692. The lowest BCUT2D eigenvalue weighted by atomic mass is 10.1. The van der Waals surface area contributed by atoms with Crippen molar-refractivity contribution in [3.05, 3.63) is 64.7 Å². The Labute approximate surface area is 137 Å². The monoisotopic (exact) mass is 325 g/mol. The van der Waals surface area contributed by atoms with Crippen LogP contribution >= 0.6 is 11.3 Å². The zero-order chi connectivity index (χ0) is 15.8. The predicted molar refractivity (Wildman–Crippen MR) is 88.3 cm³/mol. The highest BCUT2D eigenvalue weighted by Crippen LogP contribution is 2.31. The highest BCUT2D eigenvalue weighted by Gasteiger charge is 2.32. The number of hydrogen-bond acceptors (Lipinski definition) is 4. The van der Waals surface area contributed by atoms with Crippen molar-refractivity contribution in [2.75, 3.05) is 0 Å². The molecular formula is C17H15N3O2S. The number of benzene rings is 1. The SMILES string of the molecule is O=C(N[C@H]1c2ccccc2C[C@H]1O)c1cc(-c2cccs2)[nH]n1. The number of H-pyrrole nitrogens is 1. The summed E-state index contributed by atoms with van der Waals surface area (Å²) in [5.41, 5.74) is 3.19. The van der Waals surface area contributed by atoms with E-state index in [1.807, 2.05) is 41.8 Å². The molecule has 1 aliphatic rings. The number of aliphatic hydroxyl groups excluding tert-OH is 1. The van der Waals surface area contributed by atoms with Crippen LogP contribution in [0.5, 0.6) is 0 Å². The highest BCUT2D eigenvalue weighted by molar-refractivity contribution is 7.13. The van der Waals surface area contributed by atoms with E-state index in [0.29, 0.717) is 12.1 Å². The summed E-state index contributed by atoms with van der Waals surface area (Å²) >= 11 is 1.58. The molecule has 1 aliphatic carbocycles. The average Bonchev–Trinajstić information content (AvgIpc) is 3.27. The zero-order valence-electron chi connectivity index (χ0n) is 12.2. The first-order valence-corrected chi connectivity index (χ1v) is 8.26. The van der Waals surface area contributed by atoms with E-state index < -0.39 is 6.10 Å². The van der Waals surface area contributed by atoms with Crippen molar-refractivity contribution in [1.29, 1.82) is 0 Å². The molecule has 0 unspecified atom stereocenters. The Kier molecular flexibility index (Phi) is 3.48. The molecule has 1 amide bonds. The van der Waals surface area contributed by atoms with Gasteiger partial charge in [-0.05, 0) is 28.6 Å². The number of aromatic nitrogens is 2. The molecule has 0 fully saturated rings. The first-order chi connectivity index (χ1) is 11.2. The van der Waals surface area contributed by atoms with E-state index >= 15 is 0 Å². The van der Waals surface area contributed by atoms with Crippen molar-refractivity contribution < 1.29 is 9.90 Å². The molecular weight excluding hydrogens is 310 g/mol. The van der Waals surface area contributed by atoms with E-state index in [0.717, 1.165) is 21.7 Å². The Morgan fingerprint density at radius 3 is 3.00 bits per heavy atom. The summed E-state index contributed by atoms with van der Waals surface area (Å²) < 4.78 is 0. The van der Waals surface area contributed by atoms with Crippen LogP contribution in [0.2, 0.25) is 0 Å². The number of aliphatic hydroxyl groups is 1. The van der Waals surface area contributed by atoms with E-state index in [1.165, 1.54) is 0 Å². The van der Waals surface area contributed by atoms with Gasteiger partial charge in [0.15, 0.2) is 5.69 Å². The molecule has 2 atom stereocenters. The summed E-state index contributed by atoms with van der Waals surface area (Å²) in [5, 5.41) is 22.1. The molecule has 116 valence electrons. The van der Waals surface area contributed by atoms with Crippen LogP contribution in [-0.4, -0.2) is 27.3 Å². The molecule has 0 saturated carbocycles. The predicted octanol–water partition coefficient (Wildman–Crippen LogP) is 2.53. The minimum atomic E-state index is -0.605. The molecule has 3 aromatic rings. The Morgan fingerprint density at radius 2 is 2.17 bits per heavy atom. The highest BCUT2D eigenvalue weighted by atomic mass is 32.1. The maximum Gasteiger partial charge on any atom is 0.272 e. The van der Waals surface area contributed by atoms with Gasteiger partial charge in [-0.15, -0.1) is 11.3 Å². The lowest BCUT2D eigenvalue weighted by Crippen LogP contribution is -2.34. The van der Waals surface area contributed by atoms with Gasteiger partial charge in [0.1, 0.15) is 0 Å². The number of rotatable bonds is 3. The van der Waals surface area contributed by atoms with Crippen LogP contribution in [-0.2, 0) is 6.42 Å². The summed E-state index contributed by atoms with van der Waals surface area (Å²) in [4.78, 5) is 13.5. The number of nitrogens with zero attached hydrogens (tertiary/aromatic N) is 1. The second-order valence-electron chi connectivity index (χ2n) is 5.57. The van der Waals surface area contributed by atoms with Gasteiger partial charge in [-0.25, -0.2) is 0 Å². The second-order valence-corrected chi connectivity index (χ2v) is 6.51. The fourth-order valence-electron chi connectivity index (χ4n) is 2.96. The number of fused-ring (bicyclic) bond motifs is 1. The molecule has 0 spiro atoms. The van der Waals surface area contributed by atoms with Crippen molar-refractivity contribution in [3.63, 3.8) is 0 Å². The molecule has 0 aliphatic heterocycles. The minimum absolute atomic E-state index is 0.287. The molecule has 2 aromatic heterocycles. The van der Waals surface area contributed by atoms with E-state index in [9.17, 15) is 9.90 Å². The molecule has 2 heterocycles. The van der Waals surface area contributed by atoms with Crippen LogP contribution < -0.4 is 5.32 Å². The lowest BCUT2D eigenvalue weighted by Gasteiger charge is -2.17. The smallest absolute Gasteiger partial charge is 0.272 e. The number of amides is 1. The van der Waals surface area contributed by atoms with Crippen LogP contribution in [0.3, 0.4) is 0 Å². The van der Waals surface area contributed by atoms with E-state index in [-0.39, 0.29) is 11.9 Å². The van der Waals surface area contributed by atoms with Gasteiger partial charge in [-0.1, -0.05) is 30.3 Å². The van der Waals surface area contributed by atoms with Crippen LogP contribution in [0, 0.1) is 0 Å². The number of thiophene rings is 1. The first kappa shape index (κ1) is 14.2. The van der Waals surface area contributed by atoms with Gasteiger partial charge in [-0.2, -0.15) is 5.10 Å². The summed E-state index contributed by atoms with van der Waals surface area (Å²) in [5.74, 6) is -0.287. The number of carbonyl (C=O) groups is 1. The van der Waals surface area contributed by atoms with Crippen molar-refractivity contribution in [2.45, 2.75) is 18.6 Å². The van der Waals surface area contributed by atoms with Crippen LogP contribution in [0.25, 0.3) is 10.6 Å². The van der Waals surface area contributed by atoms with Crippen LogP contribution in [0.15, 0.2) is 47.8 Å². The summed E-state index contributed by atoms with van der Waals surface area (Å²) in [7, 11) is 0. The zero-order valence-corrected chi connectivity index (χ0v) is 13.0. The fraction of sp³-hybridized carbons (Fsp3) is 0.176. The molecule has 5 nitrogen and oxygen atoms in total. The van der Waals surface area contributed by atoms with Gasteiger partial charge in [-0.3, -0.25) is 9.89 Å². The minimum Gasteiger partial charge on any atom is -0.390 e. The maximum absolute atomic E-state index is 12.4. The van der Waals surface area contributed by atoms with Crippen LogP contribution in [0.1, 0.15) is 27.7 Å². The summed E-state index contributed by atoms with van der Waals surface area (Å²) in [6.07, 6.45) is -0.0469. The van der Waals surface area contributed by atoms with Gasteiger partial charge in [0.2, 0.25) is 0 Å². The fourth-order valence-corrected chi connectivity index (χ4v) is 3.65. The number of aromatic amines is 1. The standard InChI is InChI=1S/C17H15N3O2S/c21-14-8-10-4-1-2-5-11(10)16(14)18-17(22)13-9-12(19-20-13)15-6-3-7-23-15/h1-7,9,14,16,21H,8H2,(H,18,22)(H,19,20)/t14-,16+/m1/s1. The van der Waals surface area contributed by atoms with Gasteiger partial charge in [0.05, 0.1) is 22.7 Å². The molecule has 4 rings (SSSR count). The van der Waals surface area contributed by atoms with Crippen molar-refractivity contribution in [2.24, 2.45) is 0 Å². The van der Waals surface area contributed by atoms with Gasteiger partial charge >= 0.3 is 0 Å². The maximum atomic E-state index is 12.4. The molecule has 6 heteroatoms. The largest absolute Gasteiger partial charge is 0.390 e. The number of carbonyl (C=O) groups excluding carboxylic acids is 1. The third-order valence-electron chi connectivity index (χ3n) is 4.09. The molecule has 23 heavy (non-hydrogen) atoms. The van der Waals surface area contributed by atoms with Crippen molar-refractivity contribution in [3.8, 4) is 10.6 Å². The Morgan fingerprint density at radius 1 is 1.30 bits per heavy atom. The Hall–Kier alpha value is -2.44. The topological polar surface area (TPSA) is 78.0 Å².